The number of benzene rings is 1. The molecule has 0 bridgehead atoms. The van der Waals surface area contributed by atoms with E-state index in [0.717, 1.165) is 15.7 Å². The van der Waals surface area contributed by atoms with E-state index in [9.17, 15) is 9.59 Å². The summed E-state index contributed by atoms with van der Waals surface area (Å²) in [6, 6.07) is 5.41. The number of carbonyl (C=O) groups excluding carboxylic acids is 2. The Hall–Kier alpha value is -1.56. The fraction of sp³-hybridized carbons (Fsp3) is 0.429. The van der Waals surface area contributed by atoms with E-state index in [2.05, 4.69) is 26.6 Å². The number of rotatable bonds is 4. The third-order valence-electron chi connectivity index (χ3n) is 3.02. The van der Waals surface area contributed by atoms with Crippen molar-refractivity contribution < 1.29 is 9.59 Å². The molecule has 20 heavy (non-hydrogen) atoms. The number of nitrogens with one attached hydrogen (secondary N) is 2. The third kappa shape index (κ3) is 4.23. The van der Waals surface area contributed by atoms with Crippen molar-refractivity contribution in [1.82, 2.24) is 10.2 Å². The van der Waals surface area contributed by atoms with Gasteiger partial charge >= 0.3 is 6.03 Å². The van der Waals surface area contributed by atoms with Crippen molar-refractivity contribution >= 4 is 33.6 Å². The molecular weight excluding hydrogens is 322 g/mol. The second kappa shape index (κ2) is 7.28. The quantitative estimate of drug-likeness (QED) is 0.884. The van der Waals surface area contributed by atoms with Gasteiger partial charge in [-0.2, -0.15) is 0 Å². The Kier molecular flexibility index (Phi) is 6.01. The molecular formula is C14H20BrN3O2. The van der Waals surface area contributed by atoms with Crippen LogP contribution < -0.4 is 10.6 Å². The van der Waals surface area contributed by atoms with Crippen molar-refractivity contribution in [2.24, 2.45) is 5.92 Å². The van der Waals surface area contributed by atoms with Crippen LogP contribution in [0.15, 0.2) is 22.7 Å². The van der Waals surface area contributed by atoms with E-state index in [0.29, 0.717) is 6.54 Å². The van der Waals surface area contributed by atoms with Crippen LogP contribution in [0.25, 0.3) is 0 Å². The number of nitrogens with zero attached hydrogens (tertiary/aromatic N) is 1. The molecule has 6 heteroatoms. The van der Waals surface area contributed by atoms with E-state index >= 15 is 0 Å². The lowest BCUT2D eigenvalue weighted by molar-refractivity contribution is -0.124. The van der Waals surface area contributed by atoms with Crippen LogP contribution in [0.2, 0.25) is 0 Å². The first-order valence-corrected chi connectivity index (χ1v) is 7.15. The standard InChI is InChI=1S/C14H20BrN3O2/c1-9-6-5-7-11(12(9)15)17-14(20)18(4)8-10(2)13(19)16-3/h5-7,10H,8H2,1-4H3,(H,16,19)(H,17,20)/t10-/m1/s1. The molecule has 3 amide bonds. The summed E-state index contributed by atoms with van der Waals surface area (Å²) in [5, 5.41) is 5.39. The maximum Gasteiger partial charge on any atom is 0.321 e. The van der Waals surface area contributed by atoms with Gasteiger partial charge in [0.1, 0.15) is 0 Å². The van der Waals surface area contributed by atoms with Crippen molar-refractivity contribution in [3.05, 3.63) is 28.2 Å². The SMILES string of the molecule is CNC(=O)[C@H](C)CN(C)C(=O)Nc1cccc(C)c1Br. The minimum Gasteiger partial charge on any atom is -0.359 e. The molecule has 0 unspecified atom stereocenters. The van der Waals surface area contributed by atoms with E-state index in [4.69, 9.17) is 0 Å². The Bertz CT molecular complexity index is 505. The van der Waals surface area contributed by atoms with Crippen molar-refractivity contribution in [3.63, 3.8) is 0 Å². The number of halogens is 1. The van der Waals surface area contributed by atoms with Gasteiger partial charge < -0.3 is 15.5 Å². The normalized spacial score (nSPS) is 11.7. The van der Waals surface area contributed by atoms with E-state index in [1.807, 2.05) is 25.1 Å². The zero-order valence-electron chi connectivity index (χ0n) is 12.2. The molecule has 1 aromatic carbocycles. The number of carbonyl (C=O) groups is 2. The highest BCUT2D eigenvalue weighted by molar-refractivity contribution is 9.10. The first-order valence-electron chi connectivity index (χ1n) is 6.35. The lowest BCUT2D eigenvalue weighted by Crippen LogP contribution is -2.39. The van der Waals surface area contributed by atoms with Gasteiger partial charge in [0, 0.05) is 25.1 Å². The minimum atomic E-state index is -0.253. The van der Waals surface area contributed by atoms with Crippen LogP contribution >= 0.6 is 15.9 Å². The number of aryl methyl sites for hydroxylation is 1. The van der Waals surface area contributed by atoms with Crippen LogP contribution in [-0.2, 0) is 4.79 Å². The van der Waals surface area contributed by atoms with E-state index < -0.39 is 0 Å². The van der Waals surface area contributed by atoms with Crippen molar-refractivity contribution in [2.45, 2.75) is 13.8 Å². The van der Waals surface area contributed by atoms with E-state index in [-0.39, 0.29) is 17.9 Å². The van der Waals surface area contributed by atoms with Crippen LogP contribution in [0, 0.1) is 12.8 Å². The Morgan fingerprint density at radius 3 is 2.65 bits per heavy atom. The Morgan fingerprint density at radius 1 is 1.40 bits per heavy atom. The van der Waals surface area contributed by atoms with Gasteiger partial charge in [0.05, 0.1) is 11.6 Å². The van der Waals surface area contributed by atoms with Gasteiger partial charge in [-0.1, -0.05) is 19.1 Å². The average Bonchev–Trinajstić information content (AvgIpc) is 2.42. The van der Waals surface area contributed by atoms with Gasteiger partial charge in [0.25, 0.3) is 0 Å². The summed E-state index contributed by atoms with van der Waals surface area (Å²) in [6.45, 7) is 4.09. The molecule has 1 aromatic rings. The summed E-state index contributed by atoms with van der Waals surface area (Å²) in [7, 11) is 3.25. The molecule has 0 aliphatic rings. The molecule has 0 radical (unpaired) electrons. The predicted molar refractivity (Wildman–Crippen MR) is 83.8 cm³/mol. The van der Waals surface area contributed by atoms with Gasteiger partial charge in [-0.15, -0.1) is 0 Å². The Morgan fingerprint density at radius 2 is 2.05 bits per heavy atom. The fourth-order valence-corrected chi connectivity index (χ4v) is 2.14. The number of amides is 3. The number of anilines is 1. The Balaban J connectivity index is 2.66. The van der Waals surface area contributed by atoms with Crippen LogP contribution in [0.4, 0.5) is 10.5 Å². The zero-order chi connectivity index (χ0) is 15.3. The Labute approximate surface area is 127 Å². The molecule has 110 valence electrons. The second-order valence-corrected chi connectivity index (χ2v) is 5.56. The van der Waals surface area contributed by atoms with E-state index in [1.54, 1.807) is 21.0 Å². The monoisotopic (exact) mass is 341 g/mol. The van der Waals surface area contributed by atoms with Crippen LogP contribution in [0.1, 0.15) is 12.5 Å². The molecule has 0 saturated carbocycles. The fourth-order valence-electron chi connectivity index (χ4n) is 1.78. The molecule has 0 aliphatic heterocycles. The lowest BCUT2D eigenvalue weighted by Gasteiger charge is -2.21. The average molecular weight is 342 g/mol. The van der Waals surface area contributed by atoms with Crippen molar-refractivity contribution in [2.75, 3.05) is 26.0 Å². The molecule has 0 aromatic heterocycles. The maximum absolute atomic E-state index is 12.1. The second-order valence-electron chi connectivity index (χ2n) is 4.76. The number of hydrogen-bond donors (Lipinski definition) is 2. The maximum atomic E-state index is 12.1. The van der Waals surface area contributed by atoms with Crippen molar-refractivity contribution in [1.29, 1.82) is 0 Å². The predicted octanol–water partition coefficient (Wildman–Crippen LogP) is 2.60. The molecule has 0 fully saturated rings. The van der Waals surface area contributed by atoms with Gasteiger partial charge in [-0.3, -0.25) is 4.79 Å². The largest absolute Gasteiger partial charge is 0.359 e. The lowest BCUT2D eigenvalue weighted by atomic mass is 10.1. The smallest absolute Gasteiger partial charge is 0.321 e. The topological polar surface area (TPSA) is 61.4 Å². The molecule has 0 heterocycles. The molecule has 1 atom stereocenters. The van der Waals surface area contributed by atoms with Gasteiger partial charge in [0.2, 0.25) is 5.91 Å². The van der Waals surface area contributed by atoms with E-state index in [1.165, 1.54) is 4.90 Å². The van der Waals surface area contributed by atoms with Crippen LogP contribution in [0.5, 0.6) is 0 Å². The van der Waals surface area contributed by atoms with Crippen molar-refractivity contribution in [3.8, 4) is 0 Å². The zero-order valence-corrected chi connectivity index (χ0v) is 13.7. The van der Waals surface area contributed by atoms with Gasteiger partial charge in [-0.05, 0) is 34.5 Å². The molecule has 0 aliphatic carbocycles. The summed E-state index contributed by atoms with van der Waals surface area (Å²) < 4.78 is 0.862. The number of hydrogen-bond acceptors (Lipinski definition) is 2. The molecule has 2 N–H and O–H groups in total. The summed E-state index contributed by atoms with van der Waals surface area (Å²) in [6.07, 6.45) is 0. The summed E-state index contributed by atoms with van der Waals surface area (Å²) in [5.41, 5.74) is 1.76. The summed E-state index contributed by atoms with van der Waals surface area (Å²) in [5.74, 6) is -0.335. The van der Waals surface area contributed by atoms with Gasteiger partial charge in [-0.25, -0.2) is 4.79 Å². The van der Waals surface area contributed by atoms with Crippen LogP contribution in [-0.4, -0.2) is 37.5 Å². The molecule has 5 nitrogen and oxygen atoms in total. The summed E-state index contributed by atoms with van der Waals surface area (Å²) in [4.78, 5) is 25.0. The molecule has 0 saturated heterocycles. The number of urea groups is 1. The molecule has 0 spiro atoms. The van der Waals surface area contributed by atoms with Gasteiger partial charge in [0.15, 0.2) is 0 Å². The highest BCUT2D eigenvalue weighted by atomic mass is 79.9. The third-order valence-corrected chi connectivity index (χ3v) is 4.07. The first kappa shape index (κ1) is 16.5. The summed E-state index contributed by atoms with van der Waals surface area (Å²) >= 11 is 3.45. The first-order chi connectivity index (χ1) is 9.36. The highest BCUT2D eigenvalue weighted by Gasteiger charge is 2.17. The van der Waals surface area contributed by atoms with Crippen LogP contribution in [0.3, 0.4) is 0 Å². The molecule has 1 rings (SSSR count). The minimum absolute atomic E-state index is 0.0820. The highest BCUT2D eigenvalue weighted by Crippen LogP contribution is 2.25.